The number of H-pyrrole nitrogens is 1. The van der Waals surface area contributed by atoms with E-state index in [1.54, 1.807) is 25.1 Å². The van der Waals surface area contributed by atoms with Gasteiger partial charge in [0.2, 0.25) is 5.91 Å². The zero-order chi connectivity index (χ0) is 19.8. The molecule has 0 radical (unpaired) electrons. The highest BCUT2D eigenvalue weighted by Gasteiger charge is 2.49. The smallest absolute Gasteiger partial charge is 0.404 e. The van der Waals surface area contributed by atoms with Crippen molar-refractivity contribution < 1.29 is 19.1 Å². The lowest BCUT2D eigenvalue weighted by atomic mass is 9.97. The Morgan fingerprint density at radius 3 is 2.64 bits per heavy atom. The quantitative estimate of drug-likeness (QED) is 0.723. The minimum atomic E-state index is -0.907. The van der Waals surface area contributed by atoms with E-state index < -0.39 is 24.2 Å². The summed E-state index contributed by atoms with van der Waals surface area (Å²) in [6.45, 7) is 1.74. The minimum Gasteiger partial charge on any atom is -0.497 e. The average molecular weight is 380 g/mol. The van der Waals surface area contributed by atoms with Crippen LogP contribution in [-0.4, -0.2) is 35.4 Å². The molecule has 1 saturated heterocycles. The molecule has 3 N–H and O–H groups in total. The van der Waals surface area contributed by atoms with Gasteiger partial charge >= 0.3 is 6.09 Å². The van der Waals surface area contributed by atoms with Crippen LogP contribution < -0.4 is 15.4 Å². The van der Waals surface area contributed by atoms with Crippen LogP contribution in [0.2, 0.25) is 0 Å². The molecule has 8 heteroatoms. The van der Waals surface area contributed by atoms with Crippen molar-refractivity contribution in [3.8, 4) is 5.75 Å². The fourth-order valence-electron chi connectivity index (χ4n) is 3.73. The van der Waals surface area contributed by atoms with E-state index in [2.05, 4.69) is 10.2 Å². The maximum absolute atomic E-state index is 13.1. The van der Waals surface area contributed by atoms with Gasteiger partial charge in [0.05, 0.1) is 30.8 Å². The minimum absolute atomic E-state index is 0.144. The van der Waals surface area contributed by atoms with E-state index in [9.17, 15) is 9.59 Å². The first-order valence-electron chi connectivity index (χ1n) is 8.86. The highest BCUT2D eigenvalue weighted by Crippen LogP contribution is 2.42. The molecule has 3 aromatic rings. The molecule has 2 amide bonds. The second-order valence-corrected chi connectivity index (χ2v) is 6.76. The summed E-state index contributed by atoms with van der Waals surface area (Å²) in [4.78, 5) is 26.3. The van der Waals surface area contributed by atoms with Gasteiger partial charge in [-0.1, -0.05) is 12.1 Å². The van der Waals surface area contributed by atoms with Crippen molar-refractivity contribution in [2.24, 2.45) is 11.7 Å². The molecule has 4 rings (SSSR count). The van der Waals surface area contributed by atoms with E-state index >= 15 is 0 Å². The second kappa shape index (κ2) is 6.88. The van der Waals surface area contributed by atoms with Gasteiger partial charge in [0, 0.05) is 11.1 Å². The number of nitrogens with one attached hydrogen (secondary N) is 1. The van der Waals surface area contributed by atoms with Gasteiger partial charge in [-0.05, 0) is 42.8 Å². The number of benzene rings is 2. The molecule has 2 aromatic carbocycles. The standard InChI is InChI=1S/C20H20N4O4/c1-11-18(28-20(21)26)17(12-3-6-15(27-2)7-4-12)24(19(11)25)14-5-8-16-13(9-14)10-22-23-16/h3-11,17-18H,1-2H3,(H2,21,26)(H,22,23). The number of methoxy groups -OCH3 is 1. The van der Waals surface area contributed by atoms with E-state index in [1.165, 1.54) is 0 Å². The first-order chi connectivity index (χ1) is 13.5. The highest BCUT2D eigenvalue weighted by atomic mass is 16.6. The number of ether oxygens (including phenoxy) is 2. The number of nitrogens with two attached hydrogens (primary N) is 1. The van der Waals surface area contributed by atoms with Crippen molar-refractivity contribution in [2.75, 3.05) is 12.0 Å². The van der Waals surface area contributed by atoms with Crippen molar-refractivity contribution in [1.29, 1.82) is 0 Å². The Kier molecular flexibility index (Phi) is 4.38. The lowest BCUT2D eigenvalue weighted by molar-refractivity contribution is -0.121. The number of anilines is 1. The largest absolute Gasteiger partial charge is 0.497 e. The van der Waals surface area contributed by atoms with Crippen LogP contribution in [0, 0.1) is 5.92 Å². The molecule has 8 nitrogen and oxygen atoms in total. The third kappa shape index (κ3) is 2.92. The number of carbonyl (C=O) groups excluding carboxylic acids is 2. The number of aromatic nitrogens is 2. The molecule has 3 atom stereocenters. The van der Waals surface area contributed by atoms with Gasteiger partial charge in [-0.3, -0.25) is 9.89 Å². The van der Waals surface area contributed by atoms with Crippen LogP contribution in [0.1, 0.15) is 18.5 Å². The van der Waals surface area contributed by atoms with Gasteiger partial charge in [0.15, 0.2) is 0 Å². The van der Waals surface area contributed by atoms with Gasteiger partial charge in [0.25, 0.3) is 0 Å². The van der Waals surface area contributed by atoms with Crippen molar-refractivity contribution in [3.05, 3.63) is 54.2 Å². The number of nitrogens with zero attached hydrogens (tertiary/aromatic N) is 2. The third-order valence-corrected chi connectivity index (χ3v) is 5.12. The fraction of sp³-hybridized carbons (Fsp3) is 0.250. The molecule has 2 heterocycles. The molecule has 1 aliphatic heterocycles. The van der Waals surface area contributed by atoms with Crippen LogP contribution >= 0.6 is 0 Å². The van der Waals surface area contributed by atoms with Crippen LogP contribution in [0.25, 0.3) is 10.9 Å². The molecule has 0 aliphatic carbocycles. The van der Waals surface area contributed by atoms with Gasteiger partial charge < -0.3 is 20.1 Å². The average Bonchev–Trinajstić information content (AvgIpc) is 3.25. The molecule has 144 valence electrons. The molecule has 0 spiro atoms. The lowest BCUT2D eigenvalue weighted by Gasteiger charge is -2.28. The van der Waals surface area contributed by atoms with Crippen molar-refractivity contribution in [3.63, 3.8) is 0 Å². The SMILES string of the molecule is COc1ccc(C2C(OC(N)=O)C(C)C(=O)N2c2ccc3[nH]ncc3c2)cc1. The van der Waals surface area contributed by atoms with Gasteiger partial charge in [-0.25, -0.2) is 4.79 Å². The molecular formula is C20H20N4O4. The predicted molar refractivity (Wildman–Crippen MR) is 103 cm³/mol. The normalized spacial score (nSPS) is 21.9. The molecular weight excluding hydrogens is 360 g/mol. The number of primary amides is 1. The van der Waals surface area contributed by atoms with E-state index in [0.29, 0.717) is 11.4 Å². The Hall–Kier alpha value is -3.55. The maximum atomic E-state index is 13.1. The summed E-state index contributed by atoms with van der Waals surface area (Å²) in [6, 6.07) is 12.4. The Bertz CT molecular complexity index is 1030. The first kappa shape index (κ1) is 17.8. The van der Waals surface area contributed by atoms with Crippen LogP contribution in [0.4, 0.5) is 10.5 Å². The monoisotopic (exact) mass is 380 g/mol. The highest BCUT2D eigenvalue weighted by molar-refractivity contribution is 6.00. The predicted octanol–water partition coefficient (Wildman–Crippen LogP) is 2.76. The Morgan fingerprint density at radius 1 is 1.21 bits per heavy atom. The number of rotatable bonds is 4. The zero-order valence-corrected chi connectivity index (χ0v) is 15.5. The van der Waals surface area contributed by atoms with Crippen LogP contribution in [-0.2, 0) is 9.53 Å². The first-order valence-corrected chi connectivity index (χ1v) is 8.86. The summed E-state index contributed by atoms with van der Waals surface area (Å²) in [6.07, 6.45) is 0.0801. The van der Waals surface area contributed by atoms with E-state index in [0.717, 1.165) is 16.5 Å². The Balaban J connectivity index is 1.82. The van der Waals surface area contributed by atoms with Crippen LogP contribution in [0.3, 0.4) is 0 Å². The van der Waals surface area contributed by atoms with E-state index in [4.69, 9.17) is 15.2 Å². The lowest BCUT2D eigenvalue weighted by Crippen LogP contribution is -2.33. The van der Waals surface area contributed by atoms with Crippen molar-refractivity contribution in [1.82, 2.24) is 10.2 Å². The summed E-state index contributed by atoms with van der Waals surface area (Å²) < 4.78 is 10.6. The number of hydrogen-bond donors (Lipinski definition) is 2. The van der Waals surface area contributed by atoms with Crippen LogP contribution in [0.15, 0.2) is 48.7 Å². The molecule has 0 bridgehead atoms. The zero-order valence-electron chi connectivity index (χ0n) is 15.5. The number of carbonyl (C=O) groups is 2. The van der Waals surface area contributed by atoms with Crippen molar-refractivity contribution >= 4 is 28.6 Å². The molecule has 28 heavy (non-hydrogen) atoms. The maximum Gasteiger partial charge on any atom is 0.404 e. The molecule has 1 aromatic heterocycles. The number of fused-ring (bicyclic) bond motifs is 1. The van der Waals surface area contributed by atoms with Crippen LogP contribution in [0.5, 0.6) is 5.75 Å². The Morgan fingerprint density at radius 2 is 1.96 bits per heavy atom. The fourth-order valence-corrected chi connectivity index (χ4v) is 3.73. The summed E-state index contributed by atoms with van der Waals surface area (Å²) in [5.74, 6) is 0.00872. The van der Waals surface area contributed by atoms with Gasteiger partial charge in [-0.2, -0.15) is 5.10 Å². The topological polar surface area (TPSA) is 111 Å². The number of amides is 2. The number of aromatic amines is 1. The van der Waals surface area contributed by atoms with Gasteiger partial charge in [0.1, 0.15) is 11.9 Å². The summed E-state index contributed by atoms with van der Waals surface area (Å²) in [5.41, 5.74) is 7.67. The molecule has 0 saturated carbocycles. The summed E-state index contributed by atoms with van der Waals surface area (Å²) in [5, 5.41) is 7.80. The summed E-state index contributed by atoms with van der Waals surface area (Å²) >= 11 is 0. The molecule has 3 unspecified atom stereocenters. The third-order valence-electron chi connectivity index (χ3n) is 5.12. The van der Waals surface area contributed by atoms with Gasteiger partial charge in [-0.15, -0.1) is 0 Å². The molecule has 1 aliphatic rings. The van der Waals surface area contributed by atoms with E-state index in [1.807, 2.05) is 42.5 Å². The Labute approximate surface area is 161 Å². The van der Waals surface area contributed by atoms with E-state index in [-0.39, 0.29) is 5.91 Å². The second-order valence-electron chi connectivity index (χ2n) is 6.76. The van der Waals surface area contributed by atoms with Crippen molar-refractivity contribution in [2.45, 2.75) is 19.1 Å². The number of hydrogen-bond acceptors (Lipinski definition) is 5. The molecule has 1 fully saturated rings. The summed E-state index contributed by atoms with van der Waals surface area (Å²) in [7, 11) is 1.58.